The Morgan fingerprint density at radius 1 is 1.43 bits per heavy atom. The molecule has 3 rings (SSSR count). The first-order chi connectivity index (χ1) is 9.88. The van der Waals surface area contributed by atoms with E-state index in [1.54, 1.807) is 0 Å². The molecule has 1 aliphatic heterocycles. The van der Waals surface area contributed by atoms with Gasteiger partial charge < -0.3 is 10.6 Å². The number of amides is 1. The number of carbonyl (C=O) groups excluding carboxylic acids is 1. The maximum atomic E-state index is 12.7. The van der Waals surface area contributed by atoms with Crippen molar-refractivity contribution in [3.63, 3.8) is 0 Å². The molecular weight excluding hydrogens is 284 g/mol. The first-order valence-electron chi connectivity index (χ1n) is 7.68. The second-order valence-corrected chi connectivity index (χ2v) is 7.58. The zero-order chi connectivity index (χ0) is 15.2. The maximum absolute atomic E-state index is 12.7. The largest absolute Gasteiger partial charge is 0.342 e. The van der Waals surface area contributed by atoms with Gasteiger partial charge in [-0.3, -0.25) is 4.79 Å². The van der Waals surface area contributed by atoms with Crippen LogP contribution in [0.15, 0.2) is 24.3 Å². The van der Waals surface area contributed by atoms with Gasteiger partial charge in [0.2, 0.25) is 5.91 Å². The van der Waals surface area contributed by atoms with E-state index < -0.39 is 0 Å². The summed E-state index contributed by atoms with van der Waals surface area (Å²) in [5, 5.41) is 0.746. The van der Waals surface area contributed by atoms with Crippen LogP contribution in [0.3, 0.4) is 0 Å². The zero-order valence-electron chi connectivity index (χ0n) is 12.7. The Balaban J connectivity index is 1.66. The van der Waals surface area contributed by atoms with Gasteiger partial charge in [0.05, 0.1) is 0 Å². The molecule has 3 nitrogen and oxygen atoms in total. The summed E-state index contributed by atoms with van der Waals surface area (Å²) in [4.78, 5) is 14.7. The van der Waals surface area contributed by atoms with Gasteiger partial charge in [0.15, 0.2) is 0 Å². The van der Waals surface area contributed by atoms with Crippen molar-refractivity contribution in [2.24, 2.45) is 17.1 Å². The van der Waals surface area contributed by atoms with Crippen LogP contribution < -0.4 is 5.73 Å². The molecule has 4 heteroatoms. The second kappa shape index (κ2) is 5.29. The highest BCUT2D eigenvalue weighted by atomic mass is 35.5. The van der Waals surface area contributed by atoms with Crippen LogP contribution in [0.2, 0.25) is 5.02 Å². The molecule has 1 amide bonds. The Bertz CT molecular complexity index is 557. The van der Waals surface area contributed by atoms with Gasteiger partial charge in [-0.1, -0.05) is 37.6 Å². The minimum atomic E-state index is 0.00829. The highest BCUT2D eigenvalue weighted by Gasteiger charge is 2.47. The first-order valence-corrected chi connectivity index (χ1v) is 8.06. The SMILES string of the molecule is CC1(C)CN(C(=O)C2CC2c2cccc(Cl)c2)CCC1N. The molecule has 1 aliphatic carbocycles. The van der Waals surface area contributed by atoms with Gasteiger partial charge >= 0.3 is 0 Å². The van der Waals surface area contributed by atoms with Crippen molar-refractivity contribution in [3.8, 4) is 0 Å². The quantitative estimate of drug-likeness (QED) is 0.913. The summed E-state index contributed by atoms with van der Waals surface area (Å²) in [7, 11) is 0. The molecule has 1 saturated carbocycles. The number of piperidine rings is 1. The number of nitrogens with zero attached hydrogens (tertiary/aromatic N) is 1. The summed E-state index contributed by atoms with van der Waals surface area (Å²) in [5.41, 5.74) is 7.35. The summed E-state index contributed by atoms with van der Waals surface area (Å²) in [6.45, 7) is 5.87. The zero-order valence-corrected chi connectivity index (χ0v) is 13.4. The highest BCUT2D eigenvalue weighted by molar-refractivity contribution is 6.30. The molecule has 1 aromatic carbocycles. The average molecular weight is 307 g/mol. The van der Waals surface area contributed by atoms with E-state index in [2.05, 4.69) is 19.9 Å². The third-order valence-corrected chi connectivity index (χ3v) is 5.24. The fourth-order valence-corrected chi connectivity index (χ4v) is 3.57. The van der Waals surface area contributed by atoms with Gasteiger partial charge in [0.25, 0.3) is 0 Å². The van der Waals surface area contributed by atoms with Crippen molar-refractivity contribution < 1.29 is 4.79 Å². The highest BCUT2D eigenvalue weighted by Crippen LogP contribution is 2.49. The summed E-state index contributed by atoms with van der Waals surface area (Å²) >= 11 is 6.04. The minimum absolute atomic E-state index is 0.00829. The van der Waals surface area contributed by atoms with Gasteiger partial charge in [-0.05, 0) is 41.9 Å². The van der Waals surface area contributed by atoms with Crippen LogP contribution in [0.4, 0.5) is 0 Å². The number of rotatable bonds is 2. The molecule has 1 aromatic rings. The van der Waals surface area contributed by atoms with Gasteiger partial charge in [-0.15, -0.1) is 0 Å². The number of carbonyl (C=O) groups is 1. The first kappa shape index (κ1) is 14.9. The van der Waals surface area contributed by atoms with E-state index in [1.807, 2.05) is 23.1 Å². The van der Waals surface area contributed by atoms with E-state index in [4.69, 9.17) is 17.3 Å². The molecule has 2 N–H and O–H groups in total. The van der Waals surface area contributed by atoms with Crippen LogP contribution in [-0.2, 0) is 4.79 Å². The molecule has 3 unspecified atom stereocenters. The Kier molecular flexibility index (Phi) is 3.74. The van der Waals surface area contributed by atoms with E-state index in [1.165, 1.54) is 5.56 Å². The molecule has 21 heavy (non-hydrogen) atoms. The lowest BCUT2D eigenvalue weighted by Crippen LogP contribution is -2.54. The standard InChI is InChI=1S/C17H23ClN2O/c1-17(2)10-20(7-6-15(17)19)16(21)14-9-13(14)11-4-3-5-12(18)8-11/h3-5,8,13-15H,6-7,9-10,19H2,1-2H3. The molecule has 0 bridgehead atoms. The molecule has 114 valence electrons. The van der Waals surface area contributed by atoms with Crippen molar-refractivity contribution >= 4 is 17.5 Å². The molecule has 2 aliphatic rings. The van der Waals surface area contributed by atoms with E-state index >= 15 is 0 Å². The Morgan fingerprint density at radius 3 is 2.86 bits per heavy atom. The fraction of sp³-hybridized carbons (Fsp3) is 0.588. The summed E-state index contributed by atoms with van der Waals surface area (Å²) in [6, 6.07) is 8.07. The van der Waals surface area contributed by atoms with Crippen molar-refractivity contribution in [2.75, 3.05) is 13.1 Å². The average Bonchev–Trinajstić information content (AvgIpc) is 3.21. The number of hydrogen-bond acceptors (Lipinski definition) is 2. The molecule has 3 atom stereocenters. The number of nitrogens with two attached hydrogens (primary N) is 1. The second-order valence-electron chi connectivity index (χ2n) is 7.15. The molecule has 1 heterocycles. The smallest absolute Gasteiger partial charge is 0.226 e. The number of halogens is 1. The van der Waals surface area contributed by atoms with E-state index in [-0.39, 0.29) is 17.4 Å². The third-order valence-electron chi connectivity index (χ3n) is 5.01. The van der Waals surface area contributed by atoms with Crippen molar-refractivity contribution in [1.82, 2.24) is 4.90 Å². The van der Waals surface area contributed by atoms with Crippen molar-refractivity contribution in [1.29, 1.82) is 0 Å². The lowest BCUT2D eigenvalue weighted by Gasteiger charge is -2.42. The van der Waals surface area contributed by atoms with Crippen LogP contribution >= 0.6 is 11.6 Å². The Labute approximate surface area is 131 Å². The lowest BCUT2D eigenvalue weighted by atomic mass is 9.79. The van der Waals surface area contributed by atoms with Gasteiger partial charge in [0, 0.05) is 30.1 Å². The number of benzene rings is 1. The summed E-state index contributed by atoms with van der Waals surface area (Å²) < 4.78 is 0. The predicted octanol–water partition coefficient (Wildman–Crippen LogP) is 3.03. The summed E-state index contributed by atoms with van der Waals surface area (Å²) in [6.07, 6.45) is 1.84. The maximum Gasteiger partial charge on any atom is 0.226 e. The van der Waals surface area contributed by atoms with Gasteiger partial charge in [0.1, 0.15) is 0 Å². The van der Waals surface area contributed by atoms with E-state index in [0.717, 1.165) is 31.0 Å². The van der Waals surface area contributed by atoms with Crippen LogP contribution in [0.25, 0.3) is 0 Å². The number of likely N-dealkylation sites (tertiary alicyclic amines) is 1. The molecule has 0 aromatic heterocycles. The van der Waals surface area contributed by atoms with E-state index in [9.17, 15) is 4.79 Å². The normalized spacial score (nSPS) is 31.0. The molecular formula is C17H23ClN2O. The molecule has 1 saturated heterocycles. The molecule has 0 spiro atoms. The lowest BCUT2D eigenvalue weighted by molar-refractivity contribution is -0.136. The fourth-order valence-electron chi connectivity index (χ4n) is 3.37. The Hall–Kier alpha value is -1.06. The monoisotopic (exact) mass is 306 g/mol. The van der Waals surface area contributed by atoms with Gasteiger partial charge in [-0.25, -0.2) is 0 Å². The Morgan fingerprint density at radius 2 is 2.19 bits per heavy atom. The van der Waals surface area contributed by atoms with E-state index in [0.29, 0.717) is 11.8 Å². The van der Waals surface area contributed by atoms with Crippen molar-refractivity contribution in [2.45, 2.75) is 38.6 Å². The minimum Gasteiger partial charge on any atom is -0.342 e. The van der Waals surface area contributed by atoms with Crippen LogP contribution in [0.1, 0.15) is 38.2 Å². The topological polar surface area (TPSA) is 46.3 Å². The predicted molar refractivity (Wildman–Crippen MR) is 85.3 cm³/mol. The number of hydrogen-bond donors (Lipinski definition) is 1. The van der Waals surface area contributed by atoms with Crippen LogP contribution in [0.5, 0.6) is 0 Å². The van der Waals surface area contributed by atoms with Crippen LogP contribution in [0, 0.1) is 11.3 Å². The molecule has 2 fully saturated rings. The third kappa shape index (κ3) is 2.95. The van der Waals surface area contributed by atoms with Crippen LogP contribution in [-0.4, -0.2) is 29.9 Å². The van der Waals surface area contributed by atoms with Crippen molar-refractivity contribution in [3.05, 3.63) is 34.9 Å². The molecule has 0 radical (unpaired) electrons. The summed E-state index contributed by atoms with van der Waals surface area (Å²) in [5.74, 6) is 0.767. The van der Waals surface area contributed by atoms with Gasteiger partial charge in [-0.2, -0.15) is 0 Å².